The molecule has 5 nitrogen and oxygen atoms in total. The molecule has 2 rings (SSSR count). The molecule has 0 unspecified atom stereocenters. The Kier molecular flexibility index (Phi) is 5.44. The second kappa shape index (κ2) is 7.11. The van der Waals surface area contributed by atoms with Crippen LogP contribution in [0.4, 0.5) is 5.69 Å². The largest absolute Gasteiger partial charge is 0.409 e. The number of anilines is 1. The van der Waals surface area contributed by atoms with Crippen LogP contribution in [0.5, 0.6) is 0 Å². The molecule has 0 aromatic heterocycles. The van der Waals surface area contributed by atoms with Crippen LogP contribution in [0.2, 0.25) is 0 Å². The van der Waals surface area contributed by atoms with E-state index < -0.39 is 5.41 Å². The highest BCUT2D eigenvalue weighted by atomic mass is 127. The maximum Gasteiger partial charge on any atom is 0.238 e. The molecule has 114 valence electrons. The van der Waals surface area contributed by atoms with Gasteiger partial charge in [-0.1, -0.05) is 43.0 Å². The molecule has 1 fully saturated rings. The van der Waals surface area contributed by atoms with Gasteiger partial charge in [-0.3, -0.25) is 4.79 Å². The number of nitrogens with one attached hydrogen (secondary N) is 1. The summed E-state index contributed by atoms with van der Waals surface area (Å²) < 4.78 is 0.965. The van der Waals surface area contributed by atoms with Crippen molar-refractivity contribution in [2.45, 2.75) is 38.5 Å². The van der Waals surface area contributed by atoms with Gasteiger partial charge in [0.25, 0.3) is 0 Å². The molecule has 0 spiro atoms. The Hall–Kier alpha value is -1.31. The van der Waals surface area contributed by atoms with Crippen molar-refractivity contribution >= 4 is 40.0 Å². The standard InChI is InChI=1S/C15H20IN3O2/c16-11-7-3-4-8-12(11)18-14(20)15(13(17)19-21)9-5-1-2-6-10-15/h3-4,7-8,21H,1-2,5-6,9-10H2,(H2,17,19)(H,18,20). The summed E-state index contributed by atoms with van der Waals surface area (Å²) >= 11 is 2.18. The summed E-state index contributed by atoms with van der Waals surface area (Å²) in [6, 6.07) is 7.58. The van der Waals surface area contributed by atoms with Gasteiger partial charge in [0.1, 0.15) is 5.41 Å². The molecular weight excluding hydrogens is 381 g/mol. The van der Waals surface area contributed by atoms with E-state index >= 15 is 0 Å². The summed E-state index contributed by atoms with van der Waals surface area (Å²) in [4.78, 5) is 12.8. The number of para-hydroxylation sites is 1. The Balaban J connectivity index is 2.28. The van der Waals surface area contributed by atoms with Crippen molar-refractivity contribution in [3.05, 3.63) is 27.8 Å². The quantitative estimate of drug-likeness (QED) is 0.181. The van der Waals surface area contributed by atoms with Crippen molar-refractivity contribution in [1.29, 1.82) is 0 Å². The second-order valence-corrected chi connectivity index (χ2v) is 6.58. The van der Waals surface area contributed by atoms with Gasteiger partial charge < -0.3 is 16.3 Å². The molecule has 0 heterocycles. The average molecular weight is 401 g/mol. The van der Waals surface area contributed by atoms with Crippen molar-refractivity contribution < 1.29 is 10.0 Å². The van der Waals surface area contributed by atoms with Gasteiger partial charge in [0.15, 0.2) is 5.84 Å². The van der Waals surface area contributed by atoms with Crippen LogP contribution in [0.3, 0.4) is 0 Å². The van der Waals surface area contributed by atoms with Crippen LogP contribution in [-0.2, 0) is 4.79 Å². The van der Waals surface area contributed by atoms with Gasteiger partial charge >= 0.3 is 0 Å². The van der Waals surface area contributed by atoms with E-state index in [1.54, 1.807) is 0 Å². The normalized spacial score (nSPS) is 18.8. The van der Waals surface area contributed by atoms with Gasteiger partial charge in [-0.05, 0) is 47.6 Å². The van der Waals surface area contributed by atoms with Gasteiger partial charge in [-0.2, -0.15) is 0 Å². The highest BCUT2D eigenvalue weighted by molar-refractivity contribution is 14.1. The number of rotatable bonds is 3. The minimum absolute atomic E-state index is 0.0211. The molecule has 1 aromatic carbocycles. The van der Waals surface area contributed by atoms with Crippen LogP contribution < -0.4 is 11.1 Å². The van der Waals surface area contributed by atoms with Gasteiger partial charge in [0.05, 0.1) is 5.69 Å². The topological polar surface area (TPSA) is 87.7 Å². The van der Waals surface area contributed by atoms with Crippen LogP contribution in [0, 0.1) is 8.99 Å². The zero-order valence-electron chi connectivity index (χ0n) is 11.8. The number of hydrogen-bond donors (Lipinski definition) is 3. The zero-order chi connectivity index (χ0) is 15.3. The van der Waals surface area contributed by atoms with Crippen molar-refractivity contribution in [1.82, 2.24) is 0 Å². The van der Waals surface area contributed by atoms with Crippen LogP contribution in [0.15, 0.2) is 29.4 Å². The van der Waals surface area contributed by atoms with Gasteiger partial charge in [0.2, 0.25) is 5.91 Å². The third-order valence-corrected chi connectivity index (χ3v) is 5.05. The lowest BCUT2D eigenvalue weighted by Gasteiger charge is -2.30. The average Bonchev–Trinajstić information content (AvgIpc) is 2.75. The number of nitrogens with two attached hydrogens (primary N) is 1. The highest BCUT2D eigenvalue weighted by Crippen LogP contribution is 2.37. The van der Waals surface area contributed by atoms with E-state index in [-0.39, 0.29) is 11.7 Å². The monoisotopic (exact) mass is 401 g/mol. The number of nitrogens with zero attached hydrogens (tertiary/aromatic N) is 1. The van der Waals surface area contributed by atoms with Crippen molar-refractivity contribution in [2.24, 2.45) is 16.3 Å². The first-order valence-corrected chi connectivity index (χ1v) is 8.22. The van der Waals surface area contributed by atoms with E-state index in [4.69, 9.17) is 10.9 Å². The van der Waals surface area contributed by atoms with Crippen molar-refractivity contribution in [3.8, 4) is 0 Å². The molecule has 1 amide bonds. The maximum absolute atomic E-state index is 12.8. The Bertz CT molecular complexity index is 537. The number of oxime groups is 1. The van der Waals surface area contributed by atoms with Crippen LogP contribution in [0.1, 0.15) is 38.5 Å². The smallest absolute Gasteiger partial charge is 0.238 e. The SMILES string of the molecule is NC(=NO)C1(C(=O)Nc2ccccc2I)CCCCCC1. The maximum atomic E-state index is 12.8. The number of hydrogen-bond acceptors (Lipinski definition) is 3. The highest BCUT2D eigenvalue weighted by Gasteiger charge is 2.43. The molecule has 0 saturated heterocycles. The van der Waals surface area contributed by atoms with E-state index in [1.807, 2.05) is 24.3 Å². The summed E-state index contributed by atoms with van der Waals surface area (Å²) in [5.74, 6) is -0.156. The third kappa shape index (κ3) is 3.48. The molecule has 0 atom stereocenters. The molecule has 4 N–H and O–H groups in total. The lowest BCUT2D eigenvalue weighted by molar-refractivity contribution is -0.123. The van der Waals surface area contributed by atoms with Gasteiger partial charge in [-0.15, -0.1) is 0 Å². The number of carbonyl (C=O) groups excluding carboxylic acids is 1. The molecule has 0 radical (unpaired) electrons. The van der Waals surface area contributed by atoms with Gasteiger partial charge in [0, 0.05) is 3.57 Å². The minimum atomic E-state index is -0.899. The van der Waals surface area contributed by atoms with Crippen molar-refractivity contribution in [2.75, 3.05) is 5.32 Å². The Morgan fingerprint density at radius 1 is 1.24 bits per heavy atom. The number of benzene rings is 1. The number of halogens is 1. The number of amides is 1. The molecule has 1 aliphatic carbocycles. The van der Waals surface area contributed by atoms with E-state index in [9.17, 15) is 4.79 Å². The molecule has 6 heteroatoms. The van der Waals surface area contributed by atoms with Gasteiger partial charge in [-0.25, -0.2) is 0 Å². The first-order chi connectivity index (χ1) is 10.1. The predicted octanol–water partition coefficient (Wildman–Crippen LogP) is 3.32. The zero-order valence-corrected chi connectivity index (χ0v) is 14.0. The van der Waals surface area contributed by atoms with Crippen molar-refractivity contribution in [3.63, 3.8) is 0 Å². The molecule has 0 bridgehead atoms. The first kappa shape index (κ1) is 16.1. The fourth-order valence-electron chi connectivity index (χ4n) is 2.83. The second-order valence-electron chi connectivity index (χ2n) is 5.42. The lowest BCUT2D eigenvalue weighted by Crippen LogP contribution is -2.47. The third-order valence-electron chi connectivity index (χ3n) is 4.11. The Labute approximate surface area is 138 Å². The molecule has 0 aliphatic heterocycles. The molecule has 21 heavy (non-hydrogen) atoms. The number of amidine groups is 1. The summed E-state index contributed by atoms with van der Waals surface area (Å²) in [6.07, 6.45) is 5.23. The lowest BCUT2D eigenvalue weighted by atomic mass is 9.78. The molecular formula is C15H20IN3O2. The Morgan fingerprint density at radius 2 is 1.86 bits per heavy atom. The van der Waals surface area contributed by atoms with E-state index in [0.29, 0.717) is 12.8 Å². The summed E-state index contributed by atoms with van der Waals surface area (Å²) in [5.41, 5.74) is 5.74. The van der Waals surface area contributed by atoms with Crippen LogP contribution in [-0.4, -0.2) is 17.0 Å². The molecule has 1 aliphatic rings. The summed E-state index contributed by atoms with van der Waals surface area (Å²) in [6.45, 7) is 0. The molecule has 1 saturated carbocycles. The summed E-state index contributed by atoms with van der Waals surface area (Å²) in [7, 11) is 0. The Morgan fingerprint density at radius 3 is 2.43 bits per heavy atom. The fourth-order valence-corrected chi connectivity index (χ4v) is 3.35. The first-order valence-electron chi connectivity index (χ1n) is 7.14. The summed E-state index contributed by atoms with van der Waals surface area (Å²) in [5, 5.41) is 15.2. The number of carbonyl (C=O) groups is 1. The van der Waals surface area contributed by atoms with E-state index in [1.165, 1.54) is 0 Å². The van der Waals surface area contributed by atoms with Crippen LogP contribution >= 0.6 is 22.6 Å². The fraction of sp³-hybridized carbons (Fsp3) is 0.467. The minimum Gasteiger partial charge on any atom is -0.409 e. The van der Waals surface area contributed by atoms with E-state index in [0.717, 1.165) is 34.9 Å². The molecule has 1 aromatic rings. The predicted molar refractivity (Wildman–Crippen MR) is 91.3 cm³/mol. The van der Waals surface area contributed by atoms with Crippen LogP contribution in [0.25, 0.3) is 0 Å². The van der Waals surface area contributed by atoms with E-state index in [2.05, 4.69) is 33.1 Å².